The highest BCUT2D eigenvalue weighted by molar-refractivity contribution is 5.82. The van der Waals surface area contributed by atoms with Crippen LogP contribution in [0.1, 0.15) is 55.6 Å². The minimum Gasteiger partial charge on any atom is -0.206 e. The van der Waals surface area contributed by atoms with E-state index in [0.717, 1.165) is 30.3 Å². The number of hydrogen-bond donors (Lipinski definition) is 0. The molecule has 3 aromatic rings. The van der Waals surface area contributed by atoms with Crippen LogP contribution in [0.2, 0.25) is 0 Å². The Hall–Kier alpha value is -6.13. The van der Waals surface area contributed by atoms with E-state index >= 15 is 8.78 Å². The summed E-state index contributed by atoms with van der Waals surface area (Å²) in [5.41, 5.74) is -21.8. The molecule has 0 heterocycles. The maximum atomic E-state index is 16.0. The van der Waals surface area contributed by atoms with Crippen LogP contribution < -0.4 is 10.4 Å². The first kappa shape index (κ1) is 37.3. The van der Waals surface area contributed by atoms with Gasteiger partial charge in [-0.2, -0.15) is 79.0 Å². The number of halogens is 14. The van der Waals surface area contributed by atoms with E-state index < -0.39 is 114 Å². The Labute approximate surface area is 263 Å². The quantitative estimate of drug-likeness (QED) is 0.258. The summed E-state index contributed by atoms with van der Waals surface area (Å²) in [7, 11) is 0. The van der Waals surface area contributed by atoms with Crippen LogP contribution in [0.15, 0.2) is 24.3 Å². The summed E-state index contributed by atoms with van der Waals surface area (Å²) in [6.07, 6.45) is -22.8. The van der Waals surface area contributed by atoms with E-state index in [2.05, 4.69) is 0 Å². The lowest BCUT2D eigenvalue weighted by Gasteiger charge is -2.17. The predicted molar refractivity (Wildman–Crippen MR) is 134 cm³/mol. The molecule has 0 aliphatic rings. The van der Waals surface area contributed by atoms with E-state index in [1.54, 1.807) is 0 Å². The van der Waals surface area contributed by atoms with E-state index in [9.17, 15) is 68.5 Å². The molecular formula is C30H7F14N5. The Morgan fingerprint density at radius 1 is 0.469 bits per heavy atom. The number of benzene rings is 3. The van der Waals surface area contributed by atoms with E-state index in [1.165, 1.54) is 0 Å². The van der Waals surface area contributed by atoms with Crippen molar-refractivity contribution in [3.8, 4) is 30.3 Å². The minimum atomic E-state index is -5.70. The van der Waals surface area contributed by atoms with Crippen LogP contribution in [-0.2, 0) is 24.7 Å². The summed E-state index contributed by atoms with van der Waals surface area (Å²) >= 11 is 0. The van der Waals surface area contributed by atoms with E-state index in [1.807, 2.05) is 0 Å². The molecule has 0 fully saturated rings. The molecule has 0 saturated heterocycles. The van der Waals surface area contributed by atoms with Gasteiger partial charge in [0.15, 0.2) is 5.82 Å². The summed E-state index contributed by atoms with van der Waals surface area (Å²) in [5.74, 6) is -4.14. The molecule has 0 saturated carbocycles. The number of alkyl halides is 12. The second kappa shape index (κ2) is 12.5. The van der Waals surface area contributed by atoms with Crippen molar-refractivity contribution >= 4 is 11.1 Å². The fraction of sp³-hybridized carbons (Fsp3) is 0.167. The molecule has 250 valence electrons. The number of rotatable bonds is 2. The molecule has 0 atom stereocenters. The van der Waals surface area contributed by atoms with Gasteiger partial charge >= 0.3 is 24.7 Å². The topological polar surface area (TPSA) is 119 Å². The lowest BCUT2D eigenvalue weighted by molar-refractivity contribution is -0.145. The maximum Gasteiger partial charge on any atom is 0.417 e. The van der Waals surface area contributed by atoms with E-state index in [4.69, 9.17) is 10.5 Å². The van der Waals surface area contributed by atoms with Crippen LogP contribution in [0, 0.1) is 75.2 Å². The van der Waals surface area contributed by atoms with Crippen LogP contribution >= 0.6 is 0 Å². The average molecular weight is 703 g/mol. The number of hydrogen-bond acceptors (Lipinski definition) is 5. The van der Waals surface area contributed by atoms with Crippen molar-refractivity contribution in [3.05, 3.63) is 102 Å². The van der Waals surface area contributed by atoms with Gasteiger partial charge in [0.1, 0.15) is 36.2 Å². The average Bonchev–Trinajstić information content (AvgIpc) is 2.99. The Kier molecular flexibility index (Phi) is 9.50. The second-order valence-corrected chi connectivity index (χ2v) is 9.57. The summed E-state index contributed by atoms with van der Waals surface area (Å²) in [4.78, 5) is 0. The van der Waals surface area contributed by atoms with Crippen LogP contribution in [0.25, 0.3) is 11.1 Å². The van der Waals surface area contributed by atoms with Crippen LogP contribution in [-0.4, -0.2) is 0 Å². The molecule has 5 nitrogen and oxygen atoms in total. The predicted octanol–water partition coefficient (Wildman–Crippen LogP) is 7.41. The molecule has 0 radical (unpaired) electrons. The molecule has 49 heavy (non-hydrogen) atoms. The molecule has 3 aromatic carbocycles. The van der Waals surface area contributed by atoms with Crippen molar-refractivity contribution in [2.45, 2.75) is 31.6 Å². The van der Waals surface area contributed by atoms with Crippen molar-refractivity contribution in [1.29, 1.82) is 26.3 Å². The number of nitrogens with zero attached hydrogens (tertiary/aromatic N) is 5. The Morgan fingerprint density at radius 2 is 0.755 bits per heavy atom. The standard InChI is InChI=1S/C30H7F14N5/c1-11-23(14(6-45)12-2-19(27(33,34)35)16(8-47)20(3-12)28(36,37)38)26(32)18(10-49)24(25(11)31)15(7-46)13-4-21(29(39,40)41)17(9-48)22(5-13)30(42,43)44/h2-5H,1H3/b23-14-,24-15+. The van der Waals surface area contributed by atoms with Gasteiger partial charge < -0.3 is 0 Å². The van der Waals surface area contributed by atoms with Gasteiger partial charge in [-0.05, 0) is 47.9 Å². The minimum absolute atomic E-state index is 0.177. The summed E-state index contributed by atoms with van der Waals surface area (Å²) in [6.45, 7) is 0.519. The molecule has 0 N–H and O–H groups in total. The van der Waals surface area contributed by atoms with Crippen molar-refractivity contribution in [1.82, 2.24) is 0 Å². The van der Waals surface area contributed by atoms with Crippen LogP contribution in [0.4, 0.5) is 61.5 Å². The van der Waals surface area contributed by atoms with E-state index in [0.29, 0.717) is 6.92 Å². The molecule has 0 spiro atoms. The summed E-state index contributed by atoms with van der Waals surface area (Å²) < 4.78 is 196. The van der Waals surface area contributed by atoms with Gasteiger partial charge in [0, 0.05) is 10.4 Å². The molecule has 19 heteroatoms. The Bertz CT molecular complexity index is 2190. The monoisotopic (exact) mass is 703 g/mol. The first-order valence-corrected chi connectivity index (χ1v) is 12.3. The highest BCUT2D eigenvalue weighted by atomic mass is 19.4. The maximum absolute atomic E-state index is 16.0. The summed E-state index contributed by atoms with van der Waals surface area (Å²) in [6, 6.07) is 3.79. The molecule has 0 unspecified atom stereocenters. The first-order chi connectivity index (χ1) is 22.4. The van der Waals surface area contributed by atoms with Crippen molar-refractivity contribution < 1.29 is 61.5 Å². The SMILES string of the molecule is Cc1c(F)/c(=C(\C#N)c2cc(C(F)(F)F)c(C#N)c(C(F)(F)F)c2)c(C#N)c(F)/c1=C(/C#N)c1cc(C(F)(F)F)c(C#N)c(C(F)(F)F)c1. The van der Waals surface area contributed by atoms with Crippen LogP contribution in [0.5, 0.6) is 0 Å². The zero-order chi connectivity index (χ0) is 37.6. The molecule has 0 aliphatic carbocycles. The van der Waals surface area contributed by atoms with Gasteiger partial charge in [-0.25, -0.2) is 8.78 Å². The van der Waals surface area contributed by atoms with Gasteiger partial charge in [0.05, 0.1) is 50.1 Å². The third-order valence-electron chi connectivity index (χ3n) is 6.75. The highest BCUT2D eigenvalue weighted by Crippen LogP contribution is 2.42. The fourth-order valence-electron chi connectivity index (χ4n) is 4.68. The highest BCUT2D eigenvalue weighted by Gasteiger charge is 2.43. The molecule has 3 rings (SSSR count). The van der Waals surface area contributed by atoms with Gasteiger partial charge in [-0.1, -0.05) is 0 Å². The molecule has 0 aliphatic heterocycles. The number of nitriles is 5. The third kappa shape index (κ3) is 6.67. The smallest absolute Gasteiger partial charge is 0.206 e. The third-order valence-corrected chi connectivity index (χ3v) is 6.75. The van der Waals surface area contributed by atoms with Crippen LogP contribution in [0.3, 0.4) is 0 Å². The molecule has 0 bridgehead atoms. The Morgan fingerprint density at radius 3 is 1.00 bits per heavy atom. The zero-order valence-corrected chi connectivity index (χ0v) is 23.3. The normalized spacial score (nSPS) is 13.3. The Balaban J connectivity index is 2.73. The van der Waals surface area contributed by atoms with Crippen molar-refractivity contribution in [3.63, 3.8) is 0 Å². The van der Waals surface area contributed by atoms with Crippen molar-refractivity contribution in [2.75, 3.05) is 0 Å². The molecule has 0 aromatic heterocycles. The fourth-order valence-corrected chi connectivity index (χ4v) is 4.68. The largest absolute Gasteiger partial charge is 0.417 e. The lowest BCUT2D eigenvalue weighted by atomic mass is 9.89. The lowest BCUT2D eigenvalue weighted by Crippen LogP contribution is -2.30. The second-order valence-electron chi connectivity index (χ2n) is 9.57. The molecule has 0 amide bonds. The first-order valence-electron chi connectivity index (χ1n) is 12.3. The summed E-state index contributed by atoms with van der Waals surface area (Å²) in [5, 5.41) is 44.1. The van der Waals surface area contributed by atoms with Gasteiger partial charge in [0.2, 0.25) is 0 Å². The van der Waals surface area contributed by atoms with Gasteiger partial charge in [-0.3, -0.25) is 0 Å². The van der Waals surface area contributed by atoms with Gasteiger partial charge in [0.25, 0.3) is 0 Å². The van der Waals surface area contributed by atoms with Gasteiger partial charge in [-0.15, -0.1) is 0 Å². The van der Waals surface area contributed by atoms with E-state index in [-0.39, 0.29) is 24.3 Å². The van der Waals surface area contributed by atoms with Crippen molar-refractivity contribution in [2.24, 2.45) is 0 Å². The molecular weight excluding hydrogens is 696 g/mol. The zero-order valence-electron chi connectivity index (χ0n) is 23.3.